The van der Waals surface area contributed by atoms with E-state index in [0.29, 0.717) is 18.9 Å². The minimum absolute atomic E-state index is 0.143. The maximum absolute atomic E-state index is 15.8. The summed E-state index contributed by atoms with van der Waals surface area (Å²) in [5.41, 5.74) is -1.67. The molecule has 2 aliphatic rings. The first-order chi connectivity index (χ1) is 28.3. The van der Waals surface area contributed by atoms with Crippen molar-refractivity contribution in [2.45, 2.75) is 74.8 Å². The molecule has 0 bridgehead atoms. The number of esters is 1. The lowest BCUT2D eigenvalue weighted by Crippen LogP contribution is -2.47. The summed E-state index contributed by atoms with van der Waals surface area (Å²) in [7, 11) is 0. The Balaban J connectivity index is 1.22. The molecule has 2 fully saturated rings. The molecule has 1 amide bonds. The van der Waals surface area contributed by atoms with Crippen LogP contribution in [0.15, 0.2) is 67.3 Å². The van der Waals surface area contributed by atoms with E-state index < -0.39 is 64.9 Å². The number of piperidine rings is 1. The number of aliphatic carboxylic acids is 1. The van der Waals surface area contributed by atoms with Gasteiger partial charge in [0.1, 0.15) is 30.1 Å². The van der Waals surface area contributed by atoms with Crippen molar-refractivity contribution in [2.24, 2.45) is 5.92 Å². The van der Waals surface area contributed by atoms with Crippen molar-refractivity contribution in [3.05, 3.63) is 101 Å². The zero-order valence-corrected chi connectivity index (χ0v) is 32.9. The fourth-order valence-electron chi connectivity index (χ4n) is 6.44. The van der Waals surface area contributed by atoms with Crippen molar-refractivity contribution in [1.29, 1.82) is 5.26 Å². The van der Waals surface area contributed by atoms with Crippen LogP contribution in [0.25, 0.3) is 6.08 Å². The summed E-state index contributed by atoms with van der Waals surface area (Å²) < 4.78 is 73.6. The molecule has 0 spiro atoms. The molecule has 19 heteroatoms. The van der Waals surface area contributed by atoms with Gasteiger partial charge in [0.2, 0.25) is 12.2 Å². The lowest BCUT2D eigenvalue weighted by atomic mass is 9.89. The zero-order chi connectivity index (χ0) is 42.5. The van der Waals surface area contributed by atoms with Gasteiger partial charge >= 0.3 is 18.1 Å². The van der Waals surface area contributed by atoms with Gasteiger partial charge in [-0.05, 0) is 50.1 Å². The Labute approximate surface area is 341 Å². The number of likely N-dealkylation sites (tertiary alicyclic amines) is 1. The SMILES string of the molecule is CC(OC(=O)CCC(=O)N1CCC(C(=O)O)CC1)OC(=O)OC(Cn1cncn1)(c1ccc(F)cc1F)C(C)SC1COC(C=CC=Cc2ccc(C#N)cc2F)OC1. The maximum atomic E-state index is 15.8. The molecule has 314 valence electrons. The lowest BCUT2D eigenvalue weighted by molar-refractivity contribution is -0.172. The van der Waals surface area contributed by atoms with Crippen LogP contribution in [-0.4, -0.2) is 98.2 Å². The molecular weight excluding hydrogens is 800 g/mol. The van der Waals surface area contributed by atoms with Crippen LogP contribution >= 0.6 is 11.8 Å². The lowest BCUT2D eigenvalue weighted by Gasteiger charge is -2.40. The van der Waals surface area contributed by atoms with Crippen molar-refractivity contribution >= 4 is 41.8 Å². The molecule has 3 atom stereocenters. The van der Waals surface area contributed by atoms with Crippen LogP contribution in [-0.2, 0) is 50.2 Å². The van der Waals surface area contributed by atoms with Gasteiger partial charge in [-0.3, -0.25) is 14.4 Å². The number of allylic oxidation sites excluding steroid dienone is 2. The molecule has 5 rings (SSSR count). The largest absolute Gasteiger partial charge is 0.512 e. The molecule has 2 saturated heterocycles. The first kappa shape index (κ1) is 44.4. The number of carboxylic acids is 1. The molecule has 15 nitrogen and oxygen atoms in total. The van der Waals surface area contributed by atoms with E-state index in [1.165, 1.54) is 59.1 Å². The smallest absolute Gasteiger partial charge is 0.481 e. The summed E-state index contributed by atoms with van der Waals surface area (Å²) in [5.74, 6) is -5.10. The number of carbonyl (C=O) groups is 4. The average molecular weight is 842 g/mol. The number of benzene rings is 2. The van der Waals surface area contributed by atoms with Crippen molar-refractivity contribution in [3.63, 3.8) is 0 Å². The number of ether oxygens (including phenoxy) is 5. The fraction of sp³-hybridized carbons (Fsp3) is 0.425. The molecule has 0 radical (unpaired) electrons. The van der Waals surface area contributed by atoms with Crippen LogP contribution in [0.1, 0.15) is 56.2 Å². The highest BCUT2D eigenvalue weighted by Crippen LogP contribution is 2.42. The van der Waals surface area contributed by atoms with Crippen molar-refractivity contribution in [1.82, 2.24) is 19.7 Å². The van der Waals surface area contributed by atoms with Crippen molar-refractivity contribution < 1.29 is 61.1 Å². The molecule has 1 N–H and O–H groups in total. The standard InChI is InChI=1S/C40H42F3N5O10S/c1-25(59-31-20-54-37(55-21-31)6-4-3-5-28-8-7-27(19-44)17-33(28)42)40(22-48-24-45-23-46-48,32-10-9-30(41)18-34(32)43)58-39(53)57-26(2)56-36(50)12-11-35(49)47-15-13-29(14-16-47)38(51)52/h3-10,17-18,23-26,29,31,37H,11-16,20-22H2,1-2H3,(H,51,52). The van der Waals surface area contributed by atoms with Gasteiger partial charge in [0.15, 0.2) is 11.9 Å². The molecule has 59 heavy (non-hydrogen) atoms. The van der Waals surface area contributed by atoms with Gasteiger partial charge in [-0.1, -0.05) is 24.3 Å². The number of carbonyl (C=O) groups excluding carboxylic acids is 3. The highest BCUT2D eigenvalue weighted by atomic mass is 32.2. The van der Waals surface area contributed by atoms with E-state index in [0.717, 1.165) is 18.2 Å². The number of thioether (sulfide) groups is 1. The molecule has 3 unspecified atom stereocenters. The molecular formula is C40H42F3N5O10S. The normalized spacial score (nSPS) is 19.4. The van der Waals surface area contributed by atoms with Gasteiger partial charge in [-0.25, -0.2) is 27.6 Å². The third-order valence-electron chi connectivity index (χ3n) is 9.55. The van der Waals surface area contributed by atoms with Crippen LogP contribution < -0.4 is 0 Å². The molecule has 2 aliphatic heterocycles. The third-order valence-corrected chi connectivity index (χ3v) is 11.0. The Morgan fingerprint density at radius 2 is 1.78 bits per heavy atom. The Bertz CT molecular complexity index is 2050. The van der Waals surface area contributed by atoms with Gasteiger partial charge in [0.05, 0.1) is 49.0 Å². The van der Waals surface area contributed by atoms with Crippen molar-refractivity contribution in [3.8, 4) is 6.07 Å². The molecule has 1 aromatic heterocycles. The number of hydrogen-bond acceptors (Lipinski definition) is 13. The van der Waals surface area contributed by atoms with E-state index in [1.807, 2.05) is 6.07 Å². The van der Waals surface area contributed by atoms with Crippen LogP contribution in [0.3, 0.4) is 0 Å². The highest BCUT2D eigenvalue weighted by Gasteiger charge is 2.47. The summed E-state index contributed by atoms with van der Waals surface area (Å²) in [4.78, 5) is 55.4. The van der Waals surface area contributed by atoms with Crippen LogP contribution in [0, 0.1) is 34.7 Å². The zero-order valence-electron chi connectivity index (χ0n) is 32.1. The molecule has 2 aromatic carbocycles. The average Bonchev–Trinajstić information content (AvgIpc) is 3.72. The second-order valence-corrected chi connectivity index (χ2v) is 15.3. The predicted molar refractivity (Wildman–Crippen MR) is 203 cm³/mol. The number of amides is 1. The van der Waals surface area contributed by atoms with E-state index in [9.17, 15) is 33.1 Å². The molecule has 0 aliphatic carbocycles. The number of halogens is 3. The van der Waals surface area contributed by atoms with E-state index in [4.69, 9.17) is 28.9 Å². The Morgan fingerprint density at radius 3 is 2.42 bits per heavy atom. The summed E-state index contributed by atoms with van der Waals surface area (Å²) in [5, 5.41) is 21.0. The quantitative estimate of drug-likeness (QED) is 0.104. The van der Waals surface area contributed by atoms with E-state index in [2.05, 4.69) is 10.1 Å². The Kier molecular flexibility index (Phi) is 15.7. The minimum atomic E-state index is -1.94. The maximum Gasteiger partial charge on any atom is 0.512 e. The van der Waals surface area contributed by atoms with Gasteiger partial charge in [-0.2, -0.15) is 10.4 Å². The molecule has 3 aromatic rings. The van der Waals surface area contributed by atoms with E-state index in [-0.39, 0.29) is 73.5 Å². The van der Waals surface area contributed by atoms with Crippen molar-refractivity contribution in [2.75, 3.05) is 26.3 Å². The second kappa shape index (κ2) is 20.8. The number of nitrogens with zero attached hydrogens (tertiary/aromatic N) is 5. The number of nitriles is 1. The second-order valence-electron chi connectivity index (χ2n) is 13.7. The minimum Gasteiger partial charge on any atom is -0.481 e. The van der Waals surface area contributed by atoms with Gasteiger partial charge in [0, 0.05) is 48.9 Å². The Hall–Kier alpha value is -5.71. The molecule has 3 heterocycles. The monoisotopic (exact) mass is 841 g/mol. The highest BCUT2D eigenvalue weighted by molar-refractivity contribution is 8.00. The summed E-state index contributed by atoms with van der Waals surface area (Å²) in [6, 6.07) is 8.80. The first-order valence-corrected chi connectivity index (χ1v) is 19.5. The molecule has 0 saturated carbocycles. The van der Waals surface area contributed by atoms with Crippen LogP contribution in [0.2, 0.25) is 0 Å². The van der Waals surface area contributed by atoms with Gasteiger partial charge < -0.3 is 33.7 Å². The Morgan fingerprint density at radius 1 is 1.03 bits per heavy atom. The van der Waals surface area contributed by atoms with E-state index in [1.54, 1.807) is 25.2 Å². The number of aromatic nitrogens is 3. The predicted octanol–water partition coefficient (Wildman–Crippen LogP) is 5.74. The summed E-state index contributed by atoms with van der Waals surface area (Å²) in [6.45, 7) is 3.37. The van der Waals surface area contributed by atoms with Crippen LogP contribution in [0.4, 0.5) is 18.0 Å². The number of carboxylic acid groups (broad SMARTS) is 1. The first-order valence-electron chi connectivity index (χ1n) is 18.6. The van der Waals surface area contributed by atoms with Gasteiger partial charge in [0.25, 0.3) is 0 Å². The third kappa shape index (κ3) is 12.4. The number of rotatable bonds is 16. The van der Waals surface area contributed by atoms with E-state index >= 15 is 4.39 Å². The van der Waals surface area contributed by atoms with Crippen LogP contribution in [0.5, 0.6) is 0 Å². The number of hydrogen-bond donors (Lipinski definition) is 1. The summed E-state index contributed by atoms with van der Waals surface area (Å²) in [6.07, 6.45) is 5.31. The summed E-state index contributed by atoms with van der Waals surface area (Å²) >= 11 is 1.23. The fourth-order valence-corrected chi connectivity index (χ4v) is 7.81. The topological polar surface area (TPSA) is 192 Å². The van der Waals surface area contributed by atoms with Gasteiger partial charge in [-0.15, -0.1) is 11.8 Å².